The lowest BCUT2D eigenvalue weighted by Crippen LogP contribution is -2.32. The Balaban J connectivity index is 1.76. The number of anilines is 3. The van der Waals surface area contributed by atoms with Crippen LogP contribution in [0.3, 0.4) is 0 Å². The maximum atomic E-state index is 9.38. The first-order valence-electron chi connectivity index (χ1n) is 8.64. The fourth-order valence-electron chi connectivity index (χ4n) is 3.22. The van der Waals surface area contributed by atoms with Gasteiger partial charge in [0.1, 0.15) is 29.3 Å². The highest BCUT2D eigenvalue weighted by molar-refractivity contribution is 5.98. The van der Waals surface area contributed by atoms with Gasteiger partial charge < -0.3 is 21.4 Å². The Hall–Kier alpha value is -4.57. The first kappa shape index (κ1) is 17.8. The second-order valence-electron chi connectivity index (χ2n) is 6.38. The zero-order chi connectivity index (χ0) is 20.4. The Morgan fingerprint density at radius 1 is 1.21 bits per heavy atom. The Labute approximate surface area is 166 Å². The summed E-state index contributed by atoms with van der Waals surface area (Å²) < 4.78 is 1.96. The summed E-state index contributed by atoms with van der Waals surface area (Å²) in [5.41, 5.74) is 14.9. The molecule has 0 spiro atoms. The highest BCUT2D eigenvalue weighted by Crippen LogP contribution is 2.40. The first-order valence-corrected chi connectivity index (χ1v) is 8.64. The van der Waals surface area contributed by atoms with E-state index in [1.165, 1.54) is 0 Å². The minimum Gasteiger partial charge on any atom is -0.397 e. The lowest BCUT2D eigenvalue weighted by molar-refractivity contribution is 0.793. The van der Waals surface area contributed by atoms with E-state index >= 15 is 0 Å². The van der Waals surface area contributed by atoms with Crippen molar-refractivity contribution >= 4 is 23.3 Å². The summed E-state index contributed by atoms with van der Waals surface area (Å²) in [5.74, 6) is 0.603. The predicted molar refractivity (Wildman–Crippen MR) is 107 cm³/mol. The number of nitrogens with zero attached hydrogens (tertiary/aromatic N) is 6. The molecule has 6 N–H and O–H groups in total. The van der Waals surface area contributed by atoms with Crippen molar-refractivity contribution in [3.05, 3.63) is 65.2 Å². The van der Waals surface area contributed by atoms with Crippen molar-refractivity contribution in [2.45, 2.75) is 12.6 Å². The normalized spacial score (nSPS) is 14.7. The van der Waals surface area contributed by atoms with Crippen LogP contribution in [0.2, 0.25) is 0 Å². The van der Waals surface area contributed by atoms with Gasteiger partial charge in [-0.2, -0.15) is 10.5 Å². The zero-order valence-electron chi connectivity index (χ0n) is 15.2. The molecule has 1 aromatic carbocycles. The number of rotatable bonds is 3. The molecule has 0 bridgehead atoms. The number of fused-ring (bicyclic) bond motifs is 1. The number of guanidine groups is 1. The average molecular weight is 384 g/mol. The van der Waals surface area contributed by atoms with Crippen LogP contribution < -0.4 is 22.1 Å². The third-order valence-electron chi connectivity index (χ3n) is 4.58. The van der Waals surface area contributed by atoms with Crippen LogP contribution in [0.4, 0.5) is 17.3 Å². The predicted octanol–water partition coefficient (Wildman–Crippen LogP) is 1.30. The first-order chi connectivity index (χ1) is 14.1. The number of hydrogen-bond donors (Lipinski definition) is 4. The fourth-order valence-corrected chi connectivity index (χ4v) is 3.22. The maximum absolute atomic E-state index is 9.38. The molecule has 0 fully saturated rings. The van der Waals surface area contributed by atoms with Crippen molar-refractivity contribution < 1.29 is 0 Å². The monoisotopic (exact) mass is 384 g/mol. The van der Waals surface area contributed by atoms with Crippen LogP contribution in [0.5, 0.6) is 0 Å². The largest absolute Gasteiger partial charge is 0.397 e. The number of nitriles is 2. The van der Waals surface area contributed by atoms with Crippen molar-refractivity contribution in [3.63, 3.8) is 0 Å². The van der Waals surface area contributed by atoms with Gasteiger partial charge in [0.2, 0.25) is 5.96 Å². The van der Waals surface area contributed by atoms with E-state index in [2.05, 4.69) is 25.6 Å². The lowest BCUT2D eigenvalue weighted by Gasteiger charge is -2.26. The molecule has 0 saturated carbocycles. The molecule has 0 aliphatic carbocycles. The van der Waals surface area contributed by atoms with Gasteiger partial charge in [0.05, 0.1) is 12.0 Å². The number of aliphatic imine (C=N–C) groups is 1. The van der Waals surface area contributed by atoms with Crippen LogP contribution in [0.15, 0.2) is 48.0 Å². The van der Waals surface area contributed by atoms with Crippen molar-refractivity contribution in [1.29, 1.82) is 10.5 Å². The zero-order valence-corrected chi connectivity index (χ0v) is 15.2. The Morgan fingerprint density at radius 2 is 2.00 bits per heavy atom. The van der Waals surface area contributed by atoms with Gasteiger partial charge >= 0.3 is 0 Å². The number of benzene rings is 1. The van der Waals surface area contributed by atoms with Crippen molar-refractivity contribution in [2.24, 2.45) is 4.99 Å². The molecule has 0 saturated heterocycles. The van der Waals surface area contributed by atoms with Gasteiger partial charge in [-0.15, -0.1) is 0 Å². The Bertz CT molecular complexity index is 1160. The van der Waals surface area contributed by atoms with Gasteiger partial charge in [-0.05, 0) is 11.1 Å². The average Bonchev–Trinajstić information content (AvgIpc) is 3.21. The maximum Gasteiger partial charge on any atom is 0.211 e. The summed E-state index contributed by atoms with van der Waals surface area (Å²) in [6, 6.07) is 9.27. The summed E-state index contributed by atoms with van der Waals surface area (Å²) in [4.78, 5) is 12.8. The smallest absolute Gasteiger partial charge is 0.211 e. The Kier molecular flexibility index (Phi) is 4.43. The van der Waals surface area contributed by atoms with Crippen molar-refractivity contribution in [1.82, 2.24) is 19.9 Å². The highest BCUT2D eigenvalue weighted by Gasteiger charge is 2.29. The van der Waals surface area contributed by atoms with E-state index in [4.69, 9.17) is 16.7 Å². The molecule has 29 heavy (non-hydrogen) atoms. The molecule has 1 aliphatic rings. The summed E-state index contributed by atoms with van der Waals surface area (Å²) in [7, 11) is 0. The minimum absolute atomic E-state index is 0.0175. The van der Waals surface area contributed by atoms with Gasteiger partial charge in [0.25, 0.3) is 0 Å². The second kappa shape index (κ2) is 7.21. The highest BCUT2D eigenvalue weighted by atomic mass is 15.2. The summed E-state index contributed by atoms with van der Waals surface area (Å²) >= 11 is 0. The summed E-state index contributed by atoms with van der Waals surface area (Å²) in [6.45, 7) is 0.687. The van der Waals surface area contributed by atoms with Gasteiger partial charge in [-0.1, -0.05) is 24.3 Å². The van der Waals surface area contributed by atoms with E-state index in [0.29, 0.717) is 17.9 Å². The molecule has 0 amide bonds. The molecule has 1 unspecified atom stereocenters. The van der Waals surface area contributed by atoms with Crippen LogP contribution in [-0.4, -0.2) is 20.5 Å². The number of nitrogen functional groups attached to an aromatic ring is 2. The molecule has 3 heterocycles. The van der Waals surface area contributed by atoms with Crippen LogP contribution in [0.1, 0.15) is 28.3 Å². The number of aromatic nitrogens is 3. The van der Waals surface area contributed by atoms with E-state index in [1.807, 2.05) is 47.3 Å². The topological polar surface area (TPSA) is 167 Å². The molecular weight excluding hydrogens is 368 g/mol. The minimum atomic E-state index is -0.551. The van der Waals surface area contributed by atoms with Gasteiger partial charge in [-0.25, -0.2) is 15.0 Å². The van der Waals surface area contributed by atoms with Gasteiger partial charge in [0.15, 0.2) is 6.19 Å². The second-order valence-corrected chi connectivity index (χ2v) is 6.38. The third-order valence-corrected chi connectivity index (χ3v) is 4.58. The van der Waals surface area contributed by atoms with Crippen LogP contribution >= 0.6 is 0 Å². The summed E-state index contributed by atoms with van der Waals surface area (Å²) in [5, 5.41) is 23.7. The van der Waals surface area contributed by atoms with E-state index < -0.39 is 6.04 Å². The van der Waals surface area contributed by atoms with E-state index in [-0.39, 0.29) is 23.0 Å². The number of imidazole rings is 1. The van der Waals surface area contributed by atoms with E-state index in [0.717, 1.165) is 11.1 Å². The van der Waals surface area contributed by atoms with Crippen molar-refractivity contribution in [3.8, 4) is 12.3 Å². The lowest BCUT2D eigenvalue weighted by atomic mass is 9.94. The van der Waals surface area contributed by atoms with Crippen LogP contribution in [0, 0.1) is 22.8 Å². The number of nitrogens with one attached hydrogen (secondary N) is 2. The molecule has 142 valence electrons. The number of nitrogens with two attached hydrogens (primary N) is 2. The Morgan fingerprint density at radius 3 is 2.66 bits per heavy atom. The quantitative estimate of drug-likeness (QED) is 0.387. The van der Waals surface area contributed by atoms with Gasteiger partial charge in [-0.3, -0.25) is 5.32 Å². The third kappa shape index (κ3) is 3.26. The standard InChI is InChI=1S/C19H16N10/c20-7-13-15(22)14-16(26-19(25-9-21)28-18(14)27-17(13)23)12-3-1-11(2-4-12)8-29-6-5-24-10-29/h1-6,10,16H,8H2,(H6,22,23,25,26,27,28). The SMILES string of the molecule is N#CNC1=NC(c2ccc(Cn3ccnc3)cc2)c2c(nc(N)c(C#N)c2N)N1. The van der Waals surface area contributed by atoms with Crippen LogP contribution in [-0.2, 0) is 6.54 Å². The molecule has 10 nitrogen and oxygen atoms in total. The molecule has 1 aliphatic heterocycles. The van der Waals surface area contributed by atoms with Crippen molar-refractivity contribution in [2.75, 3.05) is 16.8 Å². The molecule has 4 rings (SSSR count). The van der Waals surface area contributed by atoms with E-state index in [9.17, 15) is 5.26 Å². The molecule has 2 aromatic heterocycles. The molecule has 0 radical (unpaired) electrons. The molecular formula is C19H16N10. The fraction of sp³-hybridized carbons (Fsp3) is 0.105. The van der Waals surface area contributed by atoms with Crippen LogP contribution in [0.25, 0.3) is 0 Å². The molecule has 1 atom stereocenters. The van der Waals surface area contributed by atoms with E-state index in [1.54, 1.807) is 12.5 Å². The molecule has 10 heteroatoms. The van der Waals surface area contributed by atoms with Gasteiger partial charge in [0, 0.05) is 24.5 Å². The number of hydrogen-bond acceptors (Lipinski definition) is 9. The number of pyridine rings is 1. The summed E-state index contributed by atoms with van der Waals surface area (Å²) in [6.07, 6.45) is 7.20. The molecule has 3 aromatic rings.